The van der Waals surface area contributed by atoms with E-state index in [-0.39, 0.29) is 5.69 Å². The number of hydrogen-bond acceptors (Lipinski definition) is 5. The fraction of sp³-hybridized carbons (Fsp3) is 0.0769. The molecule has 20 heavy (non-hydrogen) atoms. The van der Waals surface area contributed by atoms with Gasteiger partial charge in [-0.05, 0) is 18.6 Å². The molecule has 0 saturated carbocycles. The standard InChI is InChI=1S/C13H13N3O4/c1-7-2-3-11(14-6-7)16-13(20)15-8-4-9(17)12(19)10(18)5-8/h2-6,17-19H,1H3,(H2,14,15,16,20). The highest BCUT2D eigenvalue weighted by atomic mass is 16.3. The molecule has 0 atom stereocenters. The van der Waals surface area contributed by atoms with Gasteiger partial charge < -0.3 is 20.6 Å². The first-order valence-electron chi connectivity index (χ1n) is 5.71. The van der Waals surface area contributed by atoms with Gasteiger partial charge in [0.25, 0.3) is 0 Å². The number of nitrogens with one attached hydrogen (secondary N) is 2. The van der Waals surface area contributed by atoms with Gasteiger partial charge in [-0.2, -0.15) is 0 Å². The number of hydrogen-bond donors (Lipinski definition) is 5. The maximum absolute atomic E-state index is 11.7. The number of urea groups is 1. The molecule has 1 aromatic carbocycles. The molecule has 7 nitrogen and oxygen atoms in total. The maximum atomic E-state index is 11.7. The predicted octanol–water partition coefficient (Wildman–Crippen LogP) is 2.15. The molecule has 0 spiro atoms. The molecule has 0 radical (unpaired) electrons. The monoisotopic (exact) mass is 275 g/mol. The topological polar surface area (TPSA) is 115 Å². The number of aromatic hydroxyl groups is 3. The first-order chi connectivity index (χ1) is 9.45. The zero-order chi connectivity index (χ0) is 14.7. The lowest BCUT2D eigenvalue weighted by atomic mass is 10.2. The third-order valence-electron chi connectivity index (χ3n) is 2.48. The smallest absolute Gasteiger partial charge is 0.324 e. The van der Waals surface area contributed by atoms with Crippen LogP contribution < -0.4 is 10.6 Å². The molecule has 2 amide bonds. The Balaban J connectivity index is 2.06. The second-order valence-electron chi connectivity index (χ2n) is 4.16. The van der Waals surface area contributed by atoms with Crippen molar-refractivity contribution in [1.29, 1.82) is 0 Å². The van der Waals surface area contributed by atoms with Crippen LogP contribution in [0.15, 0.2) is 30.5 Å². The summed E-state index contributed by atoms with van der Waals surface area (Å²) in [4.78, 5) is 15.7. The molecule has 0 fully saturated rings. The third kappa shape index (κ3) is 3.08. The minimum Gasteiger partial charge on any atom is -0.504 e. The van der Waals surface area contributed by atoms with Crippen LogP contribution in [0.4, 0.5) is 16.3 Å². The minimum absolute atomic E-state index is 0.127. The number of rotatable bonds is 2. The summed E-state index contributed by atoms with van der Waals surface area (Å²) in [5.74, 6) is -1.35. The van der Waals surface area contributed by atoms with Gasteiger partial charge in [0, 0.05) is 18.3 Å². The molecular weight excluding hydrogens is 262 g/mol. The number of benzene rings is 1. The summed E-state index contributed by atoms with van der Waals surface area (Å²) < 4.78 is 0. The van der Waals surface area contributed by atoms with Crippen LogP contribution in [0.1, 0.15) is 5.56 Å². The fourth-order valence-corrected chi connectivity index (χ4v) is 1.50. The minimum atomic E-state index is -0.642. The lowest BCUT2D eigenvalue weighted by Crippen LogP contribution is -2.19. The molecular formula is C13H13N3O4. The first-order valence-corrected chi connectivity index (χ1v) is 5.71. The number of carbonyl (C=O) groups excluding carboxylic acids is 1. The van der Waals surface area contributed by atoms with Crippen LogP contribution >= 0.6 is 0 Å². The second kappa shape index (κ2) is 5.35. The summed E-state index contributed by atoms with van der Waals surface area (Å²) in [7, 11) is 0. The van der Waals surface area contributed by atoms with Crippen LogP contribution in [0, 0.1) is 6.92 Å². The van der Waals surface area contributed by atoms with Crippen molar-refractivity contribution in [2.24, 2.45) is 0 Å². The lowest BCUT2D eigenvalue weighted by molar-refractivity contribution is 0.262. The molecule has 0 aliphatic rings. The highest BCUT2D eigenvalue weighted by Gasteiger charge is 2.10. The molecule has 1 aromatic heterocycles. The van der Waals surface area contributed by atoms with Crippen LogP contribution in [0.2, 0.25) is 0 Å². The summed E-state index contributed by atoms with van der Waals surface area (Å²) >= 11 is 0. The molecule has 0 aliphatic carbocycles. The molecule has 0 bridgehead atoms. The number of aromatic nitrogens is 1. The Morgan fingerprint density at radius 1 is 1.10 bits per heavy atom. The zero-order valence-corrected chi connectivity index (χ0v) is 10.6. The first kappa shape index (κ1) is 13.5. The quantitative estimate of drug-likeness (QED) is 0.425. The van der Waals surface area contributed by atoms with E-state index >= 15 is 0 Å². The number of phenols is 3. The Labute approximate surface area is 114 Å². The van der Waals surface area contributed by atoms with E-state index in [0.717, 1.165) is 17.7 Å². The van der Waals surface area contributed by atoms with Gasteiger partial charge in [-0.3, -0.25) is 5.32 Å². The average Bonchev–Trinajstić information content (AvgIpc) is 2.38. The van der Waals surface area contributed by atoms with Crippen molar-refractivity contribution in [2.75, 3.05) is 10.6 Å². The van der Waals surface area contributed by atoms with Crippen molar-refractivity contribution < 1.29 is 20.1 Å². The Hall–Kier alpha value is -2.96. The Morgan fingerprint density at radius 2 is 1.75 bits per heavy atom. The van der Waals surface area contributed by atoms with Crippen LogP contribution in [0.3, 0.4) is 0 Å². The molecule has 0 saturated heterocycles. The van der Waals surface area contributed by atoms with Crippen LogP contribution in [-0.4, -0.2) is 26.3 Å². The van der Waals surface area contributed by atoms with E-state index in [4.69, 9.17) is 0 Å². The Bertz CT molecular complexity index is 618. The Morgan fingerprint density at radius 3 is 2.30 bits per heavy atom. The SMILES string of the molecule is Cc1ccc(NC(=O)Nc2cc(O)c(O)c(O)c2)nc1. The lowest BCUT2D eigenvalue weighted by Gasteiger charge is -2.09. The van der Waals surface area contributed by atoms with Crippen molar-refractivity contribution in [2.45, 2.75) is 6.92 Å². The number of pyridine rings is 1. The summed E-state index contributed by atoms with van der Waals surface area (Å²) in [6.07, 6.45) is 1.60. The van der Waals surface area contributed by atoms with E-state index in [0.29, 0.717) is 5.82 Å². The molecule has 7 heteroatoms. The normalized spacial score (nSPS) is 10.1. The zero-order valence-electron chi connectivity index (χ0n) is 10.6. The van der Waals surface area contributed by atoms with Crippen molar-refractivity contribution in [3.63, 3.8) is 0 Å². The molecule has 104 valence electrons. The molecule has 0 aliphatic heterocycles. The molecule has 0 unspecified atom stereocenters. The highest BCUT2D eigenvalue weighted by molar-refractivity contribution is 5.99. The summed E-state index contributed by atoms with van der Waals surface area (Å²) in [6, 6.07) is 5.06. The largest absolute Gasteiger partial charge is 0.504 e. The van der Waals surface area contributed by atoms with Gasteiger partial charge >= 0.3 is 6.03 Å². The summed E-state index contributed by atoms with van der Waals surface area (Å²) in [5.41, 5.74) is 1.09. The van der Waals surface area contributed by atoms with E-state index < -0.39 is 23.3 Å². The number of aryl methyl sites for hydroxylation is 1. The van der Waals surface area contributed by atoms with Gasteiger partial charge in [0.2, 0.25) is 0 Å². The van der Waals surface area contributed by atoms with Gasteiger partial charge in [-0.25, -0.2) is 9.78 Å². The van der Waals surface area contributed by atoms with Crippen molar-refractivity contribution >= 4 is 17.5 Å². The number of anilines is 2. The van der Waals surface area contributed by atoms with Crippen molar-refractivity contribution in [3.8, 4) is 17.2 Å². The number of amides is 2. The third-order valence-corrected chi connectivity index (χ3v) is 2.48. The summed E-state index contributed by atoms with van der Waals surface area (Å²) in [5, 5.41) is 32.7. The molecule has 5 N–H and O–H groups in total. The van der Waals surface area contributed by atoms with Crippen molar-refractivity contribution in [1.82, 2.24) is 4.98 Å². The van der Waals surface area contributed by atoms with Crippen LogP contribution in [0.5, 0.6) is 17.2 Å². The van der Waals surface area contributed by atoms with E-state index in [9.17, 15) is 20.1 Å². The van der Waals surface area contributed by atoms with Crippen LogP contribution in [0.25, 0.3) is 0 Å². The number of carbonyl (C=O) groups is 1. The average molecular weight is 275 g/mol. The van der Waals surface area contributed by atoms with Crippen molar-refractivity contribution in [3.05, 3.63) is 36.0 Å². The fourth-order valence-electron chi connectivity index (χ4n) is 1.50. The second-order valence-corrected chi connectivity index (χ2v) is 4.16. The van der Waals surface area contributed by atoms with E-state index in [1.54, 1.807) is 18.3 Å². The van der Waals surface area contributed by atoms with Gasteiger partial charge in [0.05, 0.1) is 5.69 Å². The van der Waals surface area contributed by atoms with Crippen LogP contribution in [-0.2, 0) is 0 Å². The van der Waals surface area contributed by atoms with Gasteiger partial charge in [0.1, 0.15) is 5.82 Å². The highest BCUT2D eigenvalue weighted by Crippen LogP contribution is 2.37. The van der Waals surface area contributed by atoms with E-state index in [2.05, 4.69) is 15.6 Å². The summed E-state index contributed by atoms with van der Waals surface area (Å²) in [6.45, 7) is 1.87. The molecule has 1 heterocycles. The molecule has 2 rings (SSSR count). The van der Waals surface area contributed by atoms with Gasteiger partial charge in [-0.15, -0.1) is 0 Å². The van der Waals surface area contributed by atoms with Gasteiger partial charge in [-0.1, -0.05) is 6.07 Å². The predicted molar refractivity (Wildman–Crippen MR) is 73.1 cm³/mol. The molecule has 2 aromatic rings. The van der Waals surface area contributed by atoms with Gasteiger partial charge in [0.15, 0.2) is 17.2 Å². The van der Waals surface area contributed by atoms with E-state index in [1.807, 2.05) is 6.92 Å². The number of phenolic OH excluding ortho intramolecular Hbond substituents is 3. The maximum Gasteiger partial charge on any atom is 0.324 e. The number of nitrogens with zero attached hydrogens (tertiary/aromatic N) is 1. The van der Waals surface area contributed by atoms with E-state index in [1.165, 1.54) is 0 Å². The Kier molecular flexibility index (Phi) is 3.60.